The first-order chi connectivity index (χ1) is 11.7. The van der Waals surface area contributed by atoms with Crippen LogP contribution in [0.15, 0.2) is 18.2 Å². The SMILES string of the molecule is CC(C)(C)CCC(=O)N1CCC[C@H](Oc2cc(F)ccc2C(=O)O)C1. The quantitative estimate of drug-likeness (QED) is 0.878. The van der Waals surface area contributed by atoms with Gasteiger partial charge in [0, 0.05) is 19.0 Å². The average molecular weight is 351 g/mol. The van der Waals surface area contributed by atoms with Crippen molar-refractivity contribution in [3.8, 4) is 5.75 Å². The molecule has 1 aliphatic rings. The molecular formula is C19H26FNO4. The lowest BCUT2D eigenvalue weighted by Gasteiger charge is -2.33. The zero-order chi connectivity index (χ0) is 18.6. The van der Waals surface area contributed by atoms with Crippen LogP contribution >= 0.6 is 0 Å². The number of carbonyl (C=O) groups is 2. The van der Waals surface area contributed by atoms with E-state index < -0.39 is 11.8 Å². The van der Waals surface area contributed by atoms with Crippen LogP contribution in [0.4, 0.5) is 4.39 Å². The lowest BCUT2D eigenvalue weighted by atomic mass is 9.90. The van der Waals surface area contributed by atoms with E-state index in [1.807, 2.05) is 0 Å². The van der Waals surface area contributed by atoms with Gasteiger partial charge in [-0.05, 0) is 36.8 Å². The van der Waals surface area contributed by atoms with Crippen LogP contribution in [-0.4, -0.2) is 41.1 Å². The van der Waals surface area contributed by atoms with Crippen LogP contribution in [0.2, 0.25) is 0 Å². The molecule has 0 aromatic heterocycles. The number of amides is 1. The highest BCUT2D eigenvalue weighted by atomic mass is 19.1. The molecule has 25 heavy (non-hydrogen) atoms. The molecule has 1 atom stereocenters. The Balaban J connectivity index is 2.01. The van der Waals surface area contributed by atoms with Crippen molar-refractivity contribution < 1.29 is 23.8 Å². The summed E-state index contributed by atoms with van der Waals surface area (Å²) in [6, 6.07) is 3.38. The molecule has 138 valence electrons. The number of aromatic carboxylic acids is 1. The monoisotopic (exact) mass is 351 g/mol. The maximum absolute atomic E-state index is 13.4. The van der Waals surface area contributed by atoms with Gasteiger partial charge < -0.3 is 14.7 Å². The molecule has 1 aromatic rings. The van der Waals surface area contributed by atoms with E-state index in [1.165, 1.54) is 6.07 Å². The molecule has 6 heteroatoms. The van der Waals surface area contributed by atoms with Gasteiger partial charge in [-0.1, -0.05) is 20.8 Å². The number of piperidine rings is 1. The fourth-order valence-electron chi connectivity index (χ4n) is 2.85. The van der Waals surface area contributed by atoms with Gasteiger partial charge in [-0.15, -0.1) is 0 Å². The molecule has 0 spiro atoms. The first-order valence-corrected chi connectivity index (χ1v) is 8.63. The van der Waals surface area contributed by atoms with Crippen LogP contribution in [0.5, 0.6) is 5.75 Å². The van der Waals surface area contributed by atoms with Gasteiger partial charge in [-0.3, -0.25) is 4.79 Å². The van der Waals surface area contributed by atoms with Crippen molar-refractivity contribution in [1.29, 1.82) is 0 Å². The van der Waals surface area contributed by atoms with Gasteiger partial charge >= 0.3 is 5.97 Å². The van der Waals surface area contributed by atoms with Crippen molar-refractivity contribution >= 4 is 11.9 Å². The molecule has 5 nitrogen and oxygen atoms in total. The van der Waals surface area contributed by atoms with E-state index in [2.05, 4.69) is 20.8 Å². The van der Waals surface area contributed by atoms with Gasteiger partial charge in [0.05, 0.1) is 6.54 Å². The molecule has 1 fully saturated rings. The van der Waals surface area contributed by atoms with E-state index in [1.54, 1.807) is 4.90 Å². The van der Waals surface area contributed by atoms with Crippen molar-refractivity contribution in [2.75, 3.05) is 13.1 Å². The molecule has 1 aromatic carbocycles. The maximum atomic E-state index is 13.4. The van der Waals surface area contributed by atoms with Crippen molar-refractivity contribution in [3.63, 3.8) is 0 Å². The summed E-state index contributed by atoms with van der Waals surface area (Å²) >= 11 is 0. The highest BCUT2D eigenvalue weighted by Crippen LogP contribution is 2.25. The summed E-state index contributed by atoms with van der Waals surface area (Å²) in [6.07, 6.45) is 2.45. The van der Waals surface area contributed by atoms with E-state index in [0.29, 0.717) is 25.9 Å². The Labute approximate surface area is 147 Å². The second-order valence-corrected chi connectivity index (χ2v) is 7.73. The van der Waals surface area contributed by atoms with Crippen LogP contribution < -0.4 is 4.74 Å². The molecule has 1 saturated heterocycles. The van der Waals surface area contributed by atoms with Gasteiger partial charge in [0.2, 0.25) is 5.91 Å². The summed E-state index contributed by atoms with van der Waals surface area (Å²) < 4.78 is 19.2. The molecule has 0 saturated carbocycles. The Bertz CT molecular complexity index is 639. The Hall–Kier alpha value is -2.11. The first-order valence-electron chi connectivity index (χ1n) is 8.63. The Morgan fingerprint density at radius 2 is 2.08 bits per heavy atom. The second-order valence-electron chi connectivity index (χ2n) is 7.73. The number of carboxylic acid groups (broad SMARTS) is 1. The number of likely N-dealkylation sites (tertiary alicyclic amines) is 1. The summed E-state index contributed by atoms with van der Waals surface area (Å²) in [5, 5.41) is 9.21. The minimum Gasteiger partial charge on any atom is -0.488 e. The fourth-order valence-corrected chi connectivity index (χ4v) is 2.85. The van der Waals surface area contributed by atoms with Gasteiger partial charge in [-0.2, -0.15) is 0 Å². The van der Waals surface area contributed by atoms with E-state index in [9.17, 15) is 19.1 Å². The summed E-state index contributed by atoms with van der Waals surface area (Å²) in [5.41, 5.74) is 0.0248. The lowest BCUT2D eigenvalue weighted by molar-refractivity contribution is -0.134. The minimum absolute atomic E-state index is 0.0153. The van der Waals surface area contributed by atoms with Crippen LogP contribution in [0.25, 0.3) is 0 Å². The minimum atomic E-state index is -1.16. The van der Waals surface area contributed by atoms with Crippen LogP contribution in [0, 0.1) is 11.2 Å². The number of ether oxygens (including phenoxy) is 1. The van der Waals surface area contributed by atoms with E-state index in [0.717, 1.165) is 25.0 Å². The van der Waals surface area contributed by atoms with Crippen molar-refractivity contribution in [2.45, 2.75) is 52.6 Å². The number of carboxylic acids is 1. The zero-order valence-electron chi connectivity index (χ0n) is 15.0. The number of hydrogen-bond donors (Lipinski definition) is 1. The highest BCUT2D eigenvalue weighted by molar-refractivity contribution is 5.90. The van der Waals surface area contributed by atoms with E-state index in [4.69, 9.17) is 4.74 Å². The molecule has 0 radical (unpaired) electrons. The fraction of sp³-hybridized carbons (Fsp3) is 0.579. The normalized spacial score (nSPS) is 18.1. The number of carbonyl (C=O) groups excluding carboxylic acids is 1. The molecule has 0 aliphatic carbocycles. The molecule has 1 amide bonds. The van der Waals surface area contributed by atoms with Gasteiger partial charge in [0.1, 0.15) is 23.2 Å². The topological polar surface area (TPSA) is 66.8 Å². The molecule has 2 rings (SSSR count). The third-order valence-electron chi connectivity index (χ3n) is 4.29. The average Bonchev–Trinajstić information content (AvgIpc) is 2.52. The van der Waals surface area contributed by atoms with Crippen LogP contribution in [-0.2, 0) is 4.79 Å². The van der Waals surface area contributed by atoms with Crippen molar-refractivity contribution in [1.82, 2.24) is 4.90 Å². The number of nitrogens with zero attached hydrogens (tertiary/aromatic N) is 1. The van der Waals surface area contributed by atoms with Gasteiger partial charge in [0.15, 0.2) is 0 Å². The van der Waals surface area contributed by atoms with E-state index >= 15 is 0 Å². The maximum Gasteiger partial charge on any atom is 0.339 e. The van der Waals surface area contributed by atoms with Crippen molar-refractivity contribution in [2.24, 2.45) is 5.41 Å². The largest absolute Gasteiger partial charge is 0.488 e. The first kappa shape index (κ1) is 19.2. The molecular weight excluding hydrogens is 325 g/mol. The number of halogens is 1. The Morgan fingerprint density at radius 3 is 2.72 bits per heavy atom. The predicted molar refractivity (Wildman–Crippen MR) is 92.3 cm³/mol. The van der Waals surface area contributed by atoms with Gasteiger partial charge in [-0.25, -0.2) is 9.18 Å². The molecule has 1 aliphatic heterocycles. The van der Waals surface area contributed by atoms with Gasteiger partial charge in [0.25, 0.3) is 0 Å². The number of benzene rings is 1. The zero-order valence-corrected chi connectivity index (χ0v) is 15.0. The summed E-state index contributed by atoms with van der Waals surface area (Å²) in [5.74, 6) is -1.61. The third-order valence-corrected chi connectivity index (χ3v) is 4.29. The Kier molecular flexibility index (Phi) is 6.03. The predicted octanol–water partition coefficient (Wildman–Crippen LogP) is 3.72. The summed E-state index contributed by atoms with van der Waals surface area (Å²) in [6.45, 7) is 7.37. The molecule has 1 heterocycles. The standard InChI is InChI=1S/C19H26FNO4/c1-19(2,3)9-8-17(22)21-10-4-5-14(12-21)25-16-11-13(20)6-7-15(16)18(23)24/h6-7,11,14H,4-5,8-10,12H2,1-3H3,(H,23,24)/t14-/m0/s1. The van der Waals surface area contributed by atoms with Crippen LogP contribution in [0.3, 0.4) is 0 Å². The van der Waals surface area contributed by atoms with Crippen molar-refractivity contribution in [3.05, 3.63) is 29.6 Å². The lowest BCUT2D eigenvalue weighted by Crippen LogP contribution is -2.44. The smallest absolute Gasteiger partial charge is 0.339 e. The molecule has 0 bridgehead atoms. The summed E-state index contributed by atoms with van der Waals surface area (Å²) in [4.78, 5) is 25.4. The van der Waals surface area contributed by atoms with E-state index in [-0.39, 0.29) is 28.7 Å². The van der Waals surface area contributed by atoms with Crippen LogP contribution in [0.1, 0.15) is 56.8 Å². The number of rotatable bonds is 5. The second kappa shape index (κ2) is 7.85. The summed E-state index contributed by atoms with van der Waals surface area (Å²) in [7, 11) is 0. The number of hydrogen-bond acceptors (Lipinski definition) is 3. The third kappa shape index (κ3) is 5.73. The Morgan fingerprint density at radius 1 is 1.36 bits per heavy atom. The molecule has 1 N–H and O–H groups in total. The molecule has 0 unspecified atom stereocenters. The highest BCUT2D eigenvalue weighted by Gasteiger charge is 2.27.